The van der Waals surface area contributed by atoms with Gasteiger partial charge in [-0.25, -0.2) is 0 Å². The largest absolute Gasteiger partial charge is 0.348 e. The summed E-state index contributed by atoms with van der Waals surface area (Å²) in [6, 6.07) is 13.1. The Balaban J connectivity index is 2.07. The maximum absolute atomic E-state index is 12.0. The monoisotopic (exact) mass is 291 g/mol. The van der Waals surface area contributed by atoms with Gasteiger partial charge in [-0.15, -0.1) is 12.6 Å². The molecule has 0 unspecified atom stereocenters. The normalized spacial score (nSPS) is 10.3. The highest BCUT2D eigenvalue weighted by molar-refractivity contribution is 7.80. The lowest BCUT2D eigenvalue weighted by molar-refractivity contribution is 0.0951. The molecule has 0 bridgehead atoms. The van der Waals surface area contributed by atoms with Crippen LogP contribution >= 0.6 is 24.2 Å². The van der Waals surface area contributed by atoms with E-state index in [1.165, 1.54) is 5.56 Å². The number of aryl methyl sites for hydroxylation is 1. The minimum Gasteiger partial charge on any atom is -0.348 e. The molecule has 0 saturated heterocycles. The average molecular weight is 292 g/mol. The van der Waals surface area contributed by atoms with Crippen molar-refractivity contribution in [3.63, 3.8) is 0 Å². The number of amides is 1. The molecule has 98 valence electrons. The summed E-state index contributed by atoms with van der Waals surface area (Å²) in [5.74, 6) is -0.192. The fraction of sp³-hybridized carbons (Fsp3) is 0.133. The zero-order valence-electron chi connectivity index (χ0n) is 10.5. The first-order chi connectivity index (χ1) is 9.06. The van der Waals surface area contributed by atoms with E-state index in [-0.39, 0.29) is 5.91 Å². The summed E-state index contributed by atoms with van der Waals surface area (Å²) in [4.78, 5) is 12.8. The molecule has 2 nitrogen and oxygen atoms in total. The molecule has 0 fully saturated rings. The van der Waals surface area contributed by atoms with Crippen LogP contribution in [0.5, 0.6) is 0 Å². The quantitative estimate of drug-likeness (QED) is 0.826. The van der Waals surface area contributed by atoms with E-state index >= 15 is 0 Å². The lowest BCUT2D eigenvalue weighted by Gasteiger charge is -2.08. The Morgan fingerprint density at radius 2 is 2.05 bits per heavy atom. The number of nitrogens with one attached hydrogen (secondary N) is 1. The Morgan fingerprint density at radius 3 is 2.79 bits per heavy atom. The third-order valence-electron chi connectivity index (χ3n) is 2.73. The van der Waals surface area contributed by atoms with Crippen molar-refractivity contribution in [2.45, 2.75) is 18.4 Å². The third-order valence-corrected chi connectivity index (χ3v) is 3.34. The van der Waals surface area contributed by atoms with Crippen LogP contribution in [0.25, 0.3) is 0 Å². The Labute approximate surface area is 123 Å². The van der Waals surface area contributed by atoms with E-state index in [1.54, 1.807) is 18.2 Å². The molecule has 0 saturated carbocycles. The minimum absolute atomic E-state index is 0.192. The molecular formula is C15H14ClNOS. The van der Waals surface area contributed by atoms with Crippen LogP contribution in [0.4, 0.5) is 0 Å². The van der Waals surface area contributed by atoms with Crippen LogP contribution in [0.2, 0.25) is 5.02 Å². The van der Waals surface area contributed by atoms with E-state index in [9.17, 15) is 4.79 Å². The van der Waals surface area contributed by atoms with Gasteiger partial charge in [-0.05, 0) is 30.7 Å². The number of carbonyl (C=O) groups is 1. The number of carbonyl (C=O) groups excluding carboxylic acids is 1. The van der Waals surface area contributed by atoms with Crippen molar-refractivity contribution in [3.05, 3.63) is 64.2 Å². The lowest BCUT2D eigenvalue weighted by Crippen LogP contribution is -2.23. The highest BCUT2D eigenvalue weighted by Crippen LogP contribution is 2.19. The van der Waals surface area contributed by atoms with Gasteiger partial charge in [0.05, 0.1) is 10.6 Å². The Hall–Kier alpha value is -1.45. The van der Waals surface area contributed by atoms with Crippen molar-refractivity contribution < 1.29 is 4.79 Å². The van der Waals surface area contributed by atoms with Gasteiger partial charge in [0.15, 0.2) is 0 Å². The van der Waals surface area contributed by atoms with Crippen LogP contribution in [0, 0.1) is 6.92 Å². The molecule has 0 aromatic heterocycles. The van der Waals surface area contributed by atoms with E-state index in [4.69, 9.17) is 11.6 Å². The molecule has 1 N–H and O–H groups in total. The van der Waals surface area contributed by atoms with Crippen LogP contribution in [0.15, 0.2) is 47.4 Å². The van der Waals surface area contributed by atoms with Gasteiger partial charge in [0.2, 0.25) is 0 Å². The fourth-order valence-corrected chi connectivity index (χ4v) is 2.19. The van der Waals surface area contributed by atoms with Crippen molar-refractivity contribution in [3.8, 4) is 0 Å². The van der Waals surface area contributed by atoms with E-state index in [1.807, 2.05) is 31.2 Å². The average Bonchev–Trinajstić information content (AvgIpc) is 2.39. The second-order valence-corrected chi connectivity index (χ2v) is 5.26. The van der Waals surface area contributed by atoms with Gasteiger partial charge in [-0.2, -0.15) is 0 Å². The molecule has 0 atom stereocenters. The molecule has 1 amide bonds. The van der Waals surface area contributed by atoms with Gasteiger partial charge < -0.3 is 5.32 Å². The first kappa shape index (κ1) is 14.0. The van der Waals surface area contributed by atoms with Gasteiger partial charge >= 0.3 is 0 Å². The summed E-state index contributed by atoms with van der Waals surface area (Å²) in [5, 5.41) is 3.28. The van der Waals surface area contributed by atoms with Crippen molar-refractivity contribution in [2.75, 3.05) is 0 Å². The summed E-state index contributed by atoms with van der Waals surface area (Å²) < 4.78 is 0. The summed E-state index contributed by atoms with van der Waals surface area (Å²) in [5.41, 5.74) is 2.68. The molecule has 4 heteroatoms. The van der Waals surface area contributed by atoms with Crippen LogP contribution in [-0.4, -0.2) is 5.91 Å². The summed E-state index contributed by atoms with van der Waals surface area (Å²) >= 11 is 10.2. The zero-order chi connectivity index (χ0) is 13.8. The number of benzene rings is 2. The van der Waals surface area contributed by atoms with Crippen LogP contribution in [0.1, 0.15) is 21.5 Å². The van der Waals surface area contributed by atoms with E-state index in [2.05, 4.69) is 17.9 Å². The second-order valence-electron chi connectivity index (χ2n) is 4.34. The predicted octanol–water partition coefficient (Wildman–Crippen LogP) is 3.87. The Morgan fingerprint density at radius 1 is 1.26 bits per heavy atom. The van der Waals surface area contributed by atoms with Crippen LogP contribution in [-0.2, 0) is 6.54 Å². The minimum atomic E-state index is -0.192. The number of thiol groups is 1. The van der Waals surface area contributed by atoms with Gasteiger partial charge in [0, 0.05) is 11.4 Å². The second kappa shape index (κ2) is 6.13. The Bertz CT molecular complexity index is 613. The summed E-state index contributed by atoms with van der Waals surface area (Å²) in [6.45, 7) is 2.50. The predicted molar refractivity (Wildman–Crippen MR) is 81.1 cm³/mol. The molecule has 0 heterocycles. The number of halogens is 1. The van der Waals surface area contributed by atoms with Crippen LogP contribution < -0.4 is 5.32 Å². The van der Waals surface area contributed by atoms with Crippen molar-refractivity contribution >= 4 is 30.1 Å². The molecule has 0 radical (unpaired) electrons. The molecule has 2 aromatic rings. The molecule has 0 spiro atoms. The van der Waals surface area contributed by atoms with Crippen molar-refractivity contribution in [2.24, 2.45) is 0 Å². The van der Waals surface area contributed by atoms with Gasteiger partial charge in [-0.1, -0.05) is 41.4 Å². The SMILES string of the molecule is Cc1cccc(CNC(=O)c2cc(S)ccc2Cl)c1. The summed E-state index contributed by atoms with van der Waals surface area (Å²) in [6.07, 6.45) is 0. The third kappa shape index (κ3) is 3.75. The zero-order valence-corrected chi connectivity index (χ0v) is 12.1. The van der Waals surface area contributed by atoms with Gasteiger partial charge in [0.25, 0.3) is 5.91 Å². The molecule has 0 aliphatic heterocycles. The van der Waals surface area contributed by atoms with E-state index < -0.39 is 0 Å². The molecular weight excluding hydrogens is 278 g/mol. The molecule has 2 aromatic carbocycles. The maximum Gasteiger partial charge on any atom is 0.253 e. The summed E-state index contributed by atoms with van der Waals surface area (Å²) in [7, 11) is 0. The van der Waals surface area contributed by atoms with E-state index in [0.29, 0.717) is 22.0 Å². The van der Waals surface area contributed by atoms with Crippen molar-refractivity contribution in [1.82, 2.24) is 5.32 Å². The number of hydrogen-bond acceptors (Lipinski definition) is 2. The number of hydrogen-bond donors (Lipinski definition) is 2. The van der Waals surface area contributed by atoms with Crippen LogP contribution in [0.3, 0.4) is 0 Å². The highest BCUT2D eigenvalue weighted by atomic mass is 35.5. The first-order valence-corrected chi connectivity index (χ1v) is 6.71. The topological polar surface area (TPSA) is 29.1 Å². The van der Waals surface area contributed by atoms with Crippen molar-refractivity contribution in [1.29, 1.82) is 0 Å². The Kier molecular flexibility index (Phi) is 4.51. The molecule has 2 rings (SSSR count). The molecule has 0 aliphatic rings. The fourth-order valence-electron chi connectivity index (χ4n) is 1.79. The first-order valence-electron chi connectivity index (χ1n) is 5.88. The molecule has 0 aliphatic carbocycles. The smallest absolute Gasteiger partial charge is 0.253 e. The lowest BCUT2D eigenvalue weighted by atomic mass is 10.1. The standard InChI is InChI=1S/C15H14ClNOS/c1-10-3-2-4-11(7-10)9-17-15(18)13-8-12(19)5-6-14(13)16/h2-8,19H,9H2,1H3,(H,17,18). The maximum atomic E-state index is 12.0. The van der Waals surface area contributed by atoms with E-state index in [0.717, 1.165) is 5.56 Å². The highest BCUT2D eigenvalue weighted by Gasteiger charge is 2.10. The number of rotatable bonds is 3. The van der Waals surface area contributed by atoms with Gasteiger partial charge in [0.1, 0.15) is 0 Å². The molecule has 19 heavy (non-hydrogen) atoms. The van der Waals surface area contributed by atoms with Gasteiger partial charge in [-0.3, -0.25) is 4.79 Å².